The summed E-state index contributed by atoms with van der Waals surface area (Å²) in [5, 5.41) is 0.726. The minimum absolute atomic E-state index is 0.0532. The Morgan fingerprint density at radius 1 is 1.03 bits per heavy atom. The molecule has 174 valence electrons. The third-order valence-corrected chi connectivity index (χ3v) is 8.61. The topological polar surface area (TPSA) is 75.5 Å². The molecular formula is C23H25FN4O3S2. The number of thioether (sulfide) groups is 1. The number of aromatic nitrogens is 2. The number of halogens is 1. The number of carbonyl (C=O) groups excluding carboxylic acids is 1. The number of piperazine rings is 1. The highest BCUT2D eigenvalue weighted by Crippen LogP contribution is 2.23. The Morgan fingerprint density at radius 2 is 1.73 bits per heavy atom. The minimum Gasteiger partial charge on any atom is -0.339 e. The molecule has 1 aliphatic heterocycles. The zero-order chi connectivity index (χ0) is 23.6. The van der Waals surface area contributed by atoms with E-state index in [2.05, 4.69) is 31.0 Å². The number of sulfonamides is 1. The fourth-order valence-corrected chi connectivity index (χ4v) is 5.92. The highest BCUT2D eigenvalue weighted by molar-refractivity contribution is 7.99. The van der Waals surface area contributed by atoms with Gasteiger partial charge in [-0.3, -0.25) is 9.36 Å². The molecule has 1 fully saturated rings. The minimum atomic E-state index is -3.71. The lowest BCUT2D eigenvalue weighted by molar-refractivity contribution is -0.129. The molecule has 1 amide bonds. The van der Waals surface area contributed by atoms with Gasteiger partial charge >= 0.3 is 0 Å². The van der Waals surface area contributed by atoms with Crippen molar-refractivity contribution in [3.63, 3.8) is 0 Å². The summed E-state index contributed by atoms with van der Waals surface area (Å²) >= 11 is 1.36. The number of benzene rings is 2. The van der Waals surface area contributed by atoms with E-state index in [0.29, 0.717) is 13.1 Å². The third kappa shape index (κ3) is 5.13. The molecule has 0 N–H and O–H groups in total. The van der Waals surface area contributed by atoms with Gasteiger partial charge in [-0.15, -0.1) is 0 Å². The van der Waals surface area contributed by atoms with Crippen LogP contribution in [0.5, 0.6) is 0 Å². The first-order chi connectivity index (χ1) is 15.8. The summed E-state index contributed by atoms with van der Waals surface area (Å²) in [7, 11) is -3.71. The van der Waals surface area contributed by atoms with Crippen molar-refractivity contribution in [2.75, 3.05) is 31.9 Å². The number of nitrogens with zero attached hydrogens (tertiary/aromatic N) is 4. The summed E-state index contributed by atoms with van der Waals surface area (Å²) in [5.74, 6) is -0.333. The average molecular weight is 489 g/mol. The van der Waals surface area contributed by atoms with E-state index in [0.717, 1.165) is 23.0 Å². The molecule has 0 atom stereocenters. The molecule has 1 aliphatic rings. The van der Waals surface area contributed by atoms with E-state index in [1.807, 2.05) is 16.8 Å². The Kier molecular flexibility index (Phi) is 6.87. The quantitative estimate of drug-likeness (QED) is 0.498. The second kappa shape index (κ2) is 9.66. The molecule has 1 saturated heterocycles. The lowest BCUT2D eigenvalue weighted by Gasteiger charge is -2.34. The summed E-state index contributed by atoms with van der Waals surface area (Å²) in [6, 6.07) is 11.0. The van der Waals surface area contributed by atoms with Crippen LogP contribution in [0.15, 0.2) is 64.9 Å². The maximum atomic E-state index is 13.1. The van der Waals surface area contributed by atoms with Crippen LogP contribution >= 0.6 is 11.8 Å². The van der Waals surface area contributed by atoms with E-state index >= 15 is 0 Å². The van der Waals surface area contributed by atoms with E-state index < -0.39 is 15.8 Å². The zero-order valence-corrected chi connectivity index (χ0v) is 20.1. The normalized spacial score (nSPS) is 15.1. The van der Waals surface area contributed by atoms with Crippen LogP contribution in [0.25, 0.3) is 5.69 Å². The van der Waals surface area contributed by atoms with Crippen molar-refractivity contribution in [2.45, 2.75) is 23.9 Å². The van der Waals surface area contributed by atoms with Crippen molar-refractivity contribution in [3.8, 4) is 5.69 Å². The first kappa shape index (κ1) is 23.5. The molecule has 2 aromatic carbocycles. The predicted octanol–water partition coefficient (Wildman–Crippen LogP) is 3.25. The molecule has 0 bridgehead atoms. The molecule has 7 nitrogen and oxygen atoms in total. The number of carbonyl (C=O) groups is 1. The summed E-state index contributed by atoms with van der Waals surface area (Å²) in [4.78, 5) is 18.9. The lowest BCUT2D eigenvalue weighted by Crippen LogP contribution is -2.50. The number of hydrogen-bond donors (Lipinski definition) is 0. The zero-order valence-electron chi connectivity index (χ0n) is 18.4. The number of imidazole rings is 1. The highest BCUT2D eigenvalue weighted by Gasteiger charge is 2.30. The van der Waals surface area contributed by atoms with Gasteiger partial charge in [0.1, 0.15) is 5.82 Å². The van der Waals surface area contributed by atoms with Crippen LogP contribution in [0.3, 0.4) is 0 Å². The SMILES string of the molecule is Cc1ccc(-n2ccnc2SCC(=O)N2CCN(S(=O)(=O)c3ccc(F)cc3)CC2)cc1C. The largest absolute Gasteiger partial charge is 0.339 e. The maximum absolute atomic E-state index is 13.1. The van der Waals surface area contributed by atoms with Crippen molar-refractivity contribution >= 4 is 27.7 Å². The predicted molar refractivity (Wildman–Crippen MR) is 126 cm³/mol. The van der Waals surface area contributed by atoms with Gasteiger partial charge in [-0.1, -0.05) is 17.8 Å². The van der Waals surface area contributed by atoms with E-state index in [1.165, 1.54) is 39.3 Å². The van der Waals surface area contributed by atoms with Gasteiger partial charge in [-0.2, -0.15) is 4.31 Å². The molecule has 10 heteroatoms. The van der Waals surface area contributed by atoms with Crippen molar-refractivity contribution in [3.05, 3.63) is 71.8 Å². The maximum Gasteiger partial charge on any atom is 0.243 e. The molecule has 2 heterocycles. The second-order valence-corrected chi connectivity index (χ2v) is 10.8. The standard InChI is InChI=1S/C23H25FN4O3S2/c1-17-3-6-20(15-18(17)2)28-10-9-25-23(28)32-16-22(29)26-11-13-27(14-12-26)33(30,31)21-7-4-19(24)5-8-21/h3-10,15H,11-14,16H2,1-2H3. The van der Waals surface area contributed by atoms with E-state index in [-0.39, 0.29) is 29.6 Å². The summed E-state index contributed by atoms with van der Waals surface area (Å²) in [6.45, 7) is 5.14. The molecule has 33 heavy (non-hydrogen) atoms. The smallest absolute Gasteiger partial charge is 0.243 e. The Morgan fingerprint density at radius 3 is 2.39 bits per heavy atom. The van der Waals surface area contributed by atoms with Crippen LogP contribution in [0.4, 0.5) is 4.39 Å². The van der Waals surface area contributed by atoms with E-state index in [9.17, 15) is 17.6 Å². The number of rotatable bonds is 6. The van der Waals surface area contributed by atoms with E-state index in [1.54, 1.807) is 11.1 Å². The monoisotopic (exact) mass is 488 g/mol. The molecule has 0 unspecified atom stereocenters. The van der Waals surface area contributed by atoms with Crippen LogP contribution < -0.4 is 0 Å². The Labute approximate surface area is 197 Å². The summed E-state index contributed by atoms with van der Waals surface area (Å²) < 4.78 is 41.9. The molecular weight excluding hydrogens is 463 g/mol. The lowest BCUT2D eigenvalue weighted by atomic mass is 10.1. The first-order valence-electron chi connectivity index (χ1n) is 10.5. The van der Waals surface area contributed by atoms with Crippen LogP contribution in [0.2, 0.25) is 0 Å². The molecule has 1 aromatic heterocycles. The Hall–Kier alpha value is -2.69. The van der Waals surface area contributed by atoms with Crippen molar-refractivity contribution in [2.24, 2.45) is 0 Å². The van der Waals surface area contributed by atoms with Crippen LogP contribution in [0, 0.1) is 19.7 Å². The van der Waals surface area contributed by atoms with Gasteiger partial charge in [-0.05, 0) is 61.4 Å². The van der Waals surface area contributed by atoms with Crippen molar-refractivity contribution in [1.82, 2.24) is 18.8 Å². The molecule has 0 radical (unpaired) electrons. The van der Waals surface area contributed by atoms with Crippen LogP contribution in [-0.2, 0) is 14.8 Å². The fraction of sp³-hybridized carbons (Fsp3) is 0.304. The van der Waals surface area contributed by atoms with Crippen molar-refractivity contribution < 1.29 is 17.6 Å². The average Bonchev–Trinajstić information content (AvgIpc) is 3.28. The Balaban J connectivity index is 1.35. The second-order valence-electron chi connectivity index (χ2n) is 7.88. The third-order valence-electron chi connectivity index (χ3n) is 5.74. The highest BCUT2D eigenvalue weighted by atomic mass is 32.2. The molecule has 0 saturated carbocycles. The van der Waals surface area contributed by atoms with Gasteiger partial charge in [-0.25, -0.2) is 17.8 Å². The van der Waals surface area contributed by atoms with Crippen LogP contribution in [0.1, 0.15) is 11.1 Å². The molecule has 0 aliphatic carbocycles. The molecule has 0 spiro atoms. The van der Waals surface area contributed by atoms with Gasteiger partial charge in [0.15, 0.2) is 5.16 Å². The number of amides is 1. The first-order valence-corrected chi connectivity index (χ1v) is 13.0. The fourth-order valence-electron chi connectivity index (χ4n) is 3.62. The van der Waals surface area contributed by atoms with Gasteiger partial charge in [0, 0.05) is 44.3 Å². The number of aryl methyl sites for hydroxylation is 2. The van der Waals surface area contributed by atoms with Gasteiger partial charge in [0.05, 0.1) is 10.6 Å². The number of hydrogen-bond acceptors (Lipinski definition) is 5. The summed E-state index contributed by atoms with van der Waals surface area (Å²) in [5.41, 5.74) is 3.38. The summed E-state index contributed by atoms with van der Waals surface area (Å²) in [6.07, 6.45) is 3.58. The van der Waals surface area contributed by atoms with Crippen molar-refractivity contribution in [1.29, 1.82) is 0 Å². The molecule has 3 aromatic rings. The Bertz CT molecular complexity index is 1250. The van der Waals surface area contributed by atoms with Gasteiger partial charge < -0.3 is 4.90 Å². The van der Waals surface area contributed by atoms with E-state index in [4.69, 9.17) is 0 Å². The molecule has 4 rings (SSSR count). The van der Waals surface area contributed by atoms with Crippen LogP contribution in [-0.4, -0.2) is 65.0 Å². The van der Waals surface area contributed by atoms with Gasteiger partial charge in [0.25, 0.3) is 0 Å². The van der Waals surface area contributed by atoms with Gasteiger partial charge in [0.2, 0.25) is 15.9 Å².